The second-order valence-electron chi connectivity index (χ2n) is 7.95. The van der Waals surface area contributed by atoms with E-state index in [1.165, 1.54) is 29.7 Å². The van der Waals surface area contributed by atoms with E-state index < -0.39 is 0 Å². The molecule has 2 heterocycles. The number of carbonyl (C=O) groups is 2. The van der Waals surface area contributed by atoms with Crippen LogP contribution in [0.2, 0.25) is 0 Å². The van der Waals surface area contributed by atoms with Gasteiger partial charge in [0, 0.05) is 32.0 Å². The molecule has 170 valence electrons. The van der Waals surface area contributed by atoms with Crippen LogP contribution in [-0.2, 0) is 17.8 Å². The largest absolute Gasteiger partial charge is 0.351 e. The maximum atomic E-state index is 13.2. The number of rotatable bonds is 11. The molecule has 0 saturated carbocycles. The summed E-state index contributed by atoms with van der Waals surface area (Å²) in [5.41, 5.74) is 0.735. The maximum Gasteiger partial charge on any atom is 0.263 e. The lowest BCUT2D eigenvalue weighted by Crippen LogP contribution is -2.33. The van der Waals surface area contributed by atoms with Gasteiger partial charge < -0.3 is 9.88 Å². The van der Waals surface area contributed by atoms with Crippen LogP contribution in [0.25, 0.3) is 0 Å². The van der Waals surface area contributed by atoms with E-state index in [-0.39, 0.29) is 24.1 Å². The Morgan fingerprint density at radius 1 is 1.25 bits per heavy atom. The molecule has 2 aromatic heterocycles. The summed E-state index contributed by atoms with van der Waals surface area (Å²) in [6.07, 6.45) is 8.60. The van der Waals surface area contributed by atoms with Crippen LogP contribution in [0, 0.1) is 11.7 Å². The molecule has 0 bridgehead atoms. The Balaban J connectivity index is 1.61. The topological polar surface area (TPSA) is 80.1 Å². The molecule has 0 radical (unpaired) electrons. The van der Waals surface area contributed by atoms with Crippen LogP contribution in [0.4, 0.5) is 9.52 Å². The van der Waals surface area contributed by atoms with E-state index in [0.29, 0.717) is 29.0 Å². The number of hydrogen-bond acceptors (Lipinski definition) is 5. The summed E-state index contributed by atoms with van der Waals surface area (Å²) in [5, 5.41) is 3.40. The summed E-state index contributed by atoms with van der Waals surface area (Å²) in [6.45, 7) is 6.00. The monoisotopic (exact) mass is 457 g/mol. The molecule has 0 aliphatic rings. The quantitative estimate of drug-likeness (QED) is 0.443. The first-order valence-corrected chi connectivity index (χ1v) is 11.5. The molecular formula is C23H28FN5O2S. The number of benzene rings is 1. The first kappa shape index (κ1) is 23.6. The number of anilines is 1. The Labute approximate surface area is 191 Å². The van der Waals surface area contributed by atoms with Gasteiger partial charge in [-0.3, -0.25) is 14.5 Å². The Bertz CT molecular complexity index is 1000. The number of hydrogen-bond donors (Lipinski definition) is 1. The second-order valence-corrected chi connectivity index (χ2v) is 8.96. The minimum absolute atomic E-state index is 0.126. The third-order valence-electron chi connectivity index (χ3n) is 4.89. The number of aromatic nitrogens is 3. The zero-order valence-corrected chi connectivity index (χ0v) is 19.1. The highest BCUT2D eigenvalue weighted by Gasteiger charge is 2.21. The van der Waals surface area contributed by atoms with Crippen molar-refractivity contribution in [2.45, 2.75) is 39.7 Å². The van der Waals surface area contributed by atoms with Crippen molar-refractivity contribution in [1.82, 2.24) is 19.9 Å². The zero-order chi connectivity index (χ0) is 22.9. The number of aryl methyl sites for hydroxylation is 1. The molecule has 3 aromatic rings. The van der Waals surface area contributed by atoms with Gasteiger partial charge in [-0.2, -0.15) is 0 Å². The van der Waals surface area contributed by atoms with Crippen LogP contribution in [0.1, 0.15) is 41.9 Å². The molecule has 2 amide bonds. The van der Waals surface area contributed by atoms with Gasteiger partial charge in [-0.05, 0) is 36.5 Å². The minimum atomic E-state index is -0.335. The molecule has 1 N–H and O–H groups in total. The van der Waals surface area contributed by atoms with Crippen molar-refractivity contribution in [1.29, 1.82) is 0 Å². The van der Waals surface area contributed by atoms with E-state index in [0.717, 1.165) is 24.9 Å². The molecule has 0 unspecified atom stereocenters. The SMILES string of the molecule is CC(C)CCN(C(=O)Cc1ccc(F)cc1)c1ncc(C(=O)NCCCn2ccnc2)s1. The third-order valence-corrected chi connectivity index (χ3v) is 5.90. The molecule has 0 aliphatic carbocycles. The van der Waals surface area contributed by atoms with E-state index in [1.807, 2.05) is 10.8 Å². The smallest absolute Gasteiger partial charge is 0.263 e. The van der Waals surface area contributed by atoms with Crippen molar-refractivity contribution < 1.29 is 14.0 Å². The molecule has 1 aromatic carbocycles. The number of carbonyl (C=O) groups excluding carboxylic acids is 2. The zero-order valence-electron chi connectivity index (χ0n) is 18.3. The van der Waals surface area contributed by atoms with E-state index in [4.69, 9.17) is 0 Å². The fraction of sp³-hybridized carbons (Fsp3) is 0.391. The molecule has 7 nitrogen and oxygen atoms in total. The summed E-state index contributed by atoms with van der Waals surface area (Å²) in [7, 11) is 0. The van der Waals surface area contributed by atoms with Crippen LogP contribution in [0.15, 0.2) is 49.2 Å². The first-order chi connectivity index (χ1) is 15.4. The minimum Gasteiger partial charge on any atom is -0.351 e. The number of halogens is 1. The van der Waals surface area contributed by atoms with E-state index >= 15 is 0 Å². The number of amides is 2. The predicted molar refractivity (Wildman–Crippen MR) is 123 cm³/mol. The first-order valence-electron chi connectivity index (χ1n) is 10.7. The van der Waals surface area contributed by atoms with Gasteiger partial charge in [0.1, 0.15) is 10.7 Å². The van der Waals surface area contributed by atoms with Crippen molar-refractivity contribution in [3.63, 3.8) is 0 Å². The molecule has 3 rings (SSSR count). The predicted octanol–water partition coefficient (Wildman–Crippen LogP) is 3.92. The van der Waals surface area contributed by atoms with Gasteiger partial charge in [-0.15, -0.1) is 0 Å². The van der Waals surface area contributed by atoms with Crippen LogP contribution < -0.4 is 10.2 Å². The van der Waals surface area contributed by atoms with Gasteiger partial charge >= 0.3 is 0 Å². The lowest BCUT2D eigenvalue weighted by atomic mass is 10.1. The number of thiazole rings is 1. The molecule has 0 aliphatic heterocycles. The van der Waals surface area contributed by atoms with E-state index in [9.17, 15) is 14.0 Å². The van der Waals surface area contributed by atoms with Gasteiger partial charge in [0.05, 0.1) is 18.9 Å². The fourth-order valence-electron chi connectivity index (χ4n) is 3.05. The van der Waals surface area contributed by atoms with Gasteiger partial charge in [0.25, 0.3) is 5.91 Å². The van der Waals surface area contributed by atoms with Gasteiger partial charge in [-0.1, -0.05) is 37.3 Å². The van der Waals surface area contributed by atoms with Crippen molar-refractivity contribution in [3.8, 4) is 0 Å². The van der Waals surface area contributed by atoms with Crippen LogP contribution in [0.3, 0.4) is 0 Å². The Morgan fingerprint density at radius 3 is 2.72 bits per heavy atom. The summed E-state index contributed by atoms with van der Waals surface area (Å²) >= 11 is 1.20. The number of nitrogens with zero attached hydrogens (tertiary/aromatic N) is 4. The van der Waals surface area contributed by atoms with Crippen molar-refractivity contribution >= 4 is 28.3 Å². The number of nitrogens with one attached hydrogen (secondary N) is 1. The van der Waals surface area contributed by atoms with Crippen molar-refractivity contribution in [2.75, 3.05) is 18.0 Å². The highest BCUT2D eigenvalue weighted by Crippen LogP contribution is 2.24. The second kappa shape index (κ2) is 11.5. The van der Waals surface area contributed by atoms with E-state index in [1.54, 1.807) is 29.6 Å². The van der Waals surface area contributed by atoms with E-state index in [2.05, 4.69) is 29.1 Å². The summed E-state index contributed by atoms with van der Waals surface area (Å²) in [4.78, 5) is 35.9. The summed E-state index contributed by atoms with van der Waals surface area (Å²) in [5.74, 6) is -0.249. The number of imidazole rings is 1. The van der Waals surface area contributed by atoms with Crippen LogP contribution in [0.5, 0.6) is 0 Å². The highest BCUT2D eigenvalue weighted by atomic mass is 32.1. The summed E-state index contributed by atoms with van der Waals surface area (Å²) in [6, 6.07) is 5.91. The lowest BCUT2D eigenvalue weighted by Gasteiger charge is -2.21. The maximum absolute atomic E-state index is 13.2. The average Bonchev–Trinajstić information content (AvgIpc) is 3.45. The molecular weight excluding hydrogens is 429 g/mol. The molecule has 0 atom stereocenters. The third kappa shape index (κ3) is 6.98. The lowest BCUT2D eigenvalue weighted by molar-refractivity contribution is -0.118. The average molecular weight is 458 g/mol. The van der Waals surface area contributed by atoms with Gasteiger partial charge in [0.2, 0.25) is 5.91 Å². The Morgan fingerprint density at radius 2 is 2.03 bits per heavy atom. The standard InChI is InChI=1S/C23H28FN5O2S/c1-17(2)8-12-29(21(30)14-18-4-6-19(24)7-5-18)23-27-15-20(32-23)22(31)26-9-3-11-28-13-10-25-16-28/h4-7,10,13,15-17H,3,8-9,11-12,14H2,1-2H3,(H,26,31). The molecule has 32 heavy (non-hydrogen) atoms. The molecule has 0 fully saturated rings. The Kier molecular flexibility index (Phi) is 8.49. The Hall–Kier alpha value is -3.07. The van der Waals surface area contributed by atoms with Crippen molar-refractivity contribution in [2.24, 2.45) is 5.92 Å². The molecule has 9 heteroatoms. The van der Waals surface area contributed by atoms with Crippen molar-refractivity contribution in [3.05, 3.63) is 65.4 Å². The normalized spacial score (nSPS) is 11.0. The summed E-state index contributed by atoms with van der Waals surface area (Å²) < 4.78 is 15.1. The molecule has 0 saturated heterocycles. The van der Waals surface area contributed by atoms with Gasteiger partial charge in [0.15, 0.2) is 5.13 Å². The van der Waals surface area contributed by atoms with Crippen LogP contribution in [-0.4, -0.2) is 39.4 Å². The highest BCUT2D eigenvalue weighted by molar-refractivity contribution is 7.17. The van der Waals surface area contributed by atoms with Crippen LogP contribution >= 0.6 is 11.3 Å². The van der Waals surface area contributed by atoms with Gasteiger partial charge in [-0.25, -0.2) is 14.4 Å². The molecule has 0 spiro atoms. The fourth-order valence-corrected chi connectivity index (χ4v) is 3.93.